The van der Waals surface area contributed by atoms with Crippen LogP contribution in [0.3, 0.4) is 0 Å². The number of nitrogens with one attached hydrogen (secondary N) is 1. The Kier molecular flexibility index (Phi) is 2.19. The maximum Gasteiger partial charge on any atom is 0.352 e. The zero-order valence-corrected chi connectivity index (χ0v) is 8.41. The zero-order valence-electron chi connectivity index (χ0n) is 8.41. The number of esters is 1. The molecule has 4 heteroatoms. The van der Waals surface area contributed by atoms with Crippen LogP contribution in [-0.2, 0) is 9.53 Å². The highest BCUT2D eigenvalue weighted by Crippen LogP contribution is 2.28. The molecule has 1 aliphatic rings. The van der Waals surface area contributed by atoms with Crippen LogP contribution in [0.2, 0.25) is 0 Å². The van der Waals surface area contributed by atoms with Crippen LogP contribution in [-0.4, -0.2) is 18.3 Å². The Labute approximate surface area is 87.6 Å². The van der Waals surface area contributed by atoms with Crippen LogP contribution >= 0.6 is 0 Å². The molecule has 0 spiro atoms. The number of anilines is 1. The van der Waals surface area contributed by atoms with Crippen molar-refractivity contribution in [3.05, 3.63) is 29.3 Å². The first-order valence-corrected chi connectivity index (χ1v) is 4.71. The van der Waals surface area contributed by atoms with E-state index in [0.29, 0.717) is 5.69 Å². The predicted molar refractivity (Wildman–Crippen MR) is 57.0 cm³/mol. The summed E-state index contributed by atoms with van der Waals surface area (Å²) in [4.78, 5) is 11.1. The Balaban J connectivity index is 2.42. The molecule has 0 unspecified atom stereocenters. The van der Waals surface area contributed by atoms with Crippen LogP contribution in [0.1, 0.15) is 17.0 Å². The van der Waals surface area contributed by atoms with Gasteiger partial charge in [-0.2, -0.15) is 0 Å². The van der Waals surface area contributed by atoms with Gasteiger partial charge in [0.2, 0.25) is 0 Å². The highest BCUT2D eigenvalue weighted by molar-refractivity contribution is 6.39. The van der Waals surface area contributed by atoms with E-state index >= 15 is 0 Å². The summed E-state index contributed by atoms with van der Waals surface area (Å²) in [7, 11) is 0. The van der Waals surface area contributed by atoms with E-state index < -0.39 is 5.97 Å². The van der Waals surface area contributed by atoms with E-state index in [1.54, 1.807) is 6.07 Å². The number of ether oxygens (including phenoxy) is 1. The maximum atomic E-state index is 11.1. The monoisotopic (exact) mass is 204 g/mol. The molecule has 15 heavy (non-hydrogen) atoms. The summed E-state index contributed by atoms with van der Waals surface area (Å²) in [5.74, 6) is -0.849. The average Bonchev–Trinajstić information content (AvgIpc) is 2.52. The van der Waals surface area contributed by atoms with E-state index in [9.17, 15) is 4.79 Å². The van der Waals surface area contributed by atoms with Crippen molar-refractivity contribution in [1.82, 2.24) is 0 Å². The topological polar surface area (TPSA) is 76.2 Å². The standard InChI is InChI=1S/C11H12N2O2/c1-6-2-3-9(12)7(4-6)8-5-15-11(14)10(8)13/h2-4,8,13H,5,12H2,1H3/t8-/m1/s1. The third kappa shape index (κ3) is 1.58. The number of nitrogens with two attached hydrogens (primary N) is 1. The number of nitrogen functional groups attached to an aromatic ring is 1. The summed E-state index contributed by atoms with van der Waals surface area (Å²) < 4.78 is 4.81. The van der Waals surface area contributed by atoms with Gasteiger partial charge in [0.25, 0.3) is 0 Å². The molecule has 1 aromatic carbocycles. The Morgan fingerprint density at radius 3 is 2.87 bits per heavy atom. The van der Waals surface area contributed by atoms with Gasteiger partial charge in [-0.1, -0.05) is 17.7 Å². The van der Waals surface area contributed by atoms with E-state index in [1.807, 2.05) is 19.1 Å². The third-order valence-electron chi connectivity index (χ3n) is 2.57. The maximum absolute atomic E-state index is 11.1. The Bertz CT molecular complexity index is 440. The first-order valence-electron chi connectivity index (χ1n) is 4.71. The quantitative estimate of drug-likeness (QED) is 0.533. The number of hydrogen-bond acceptors (Lipinski definition) is 4. The molecular formula is C11H12N2O2. The molecule has 78 valence electrons. The number of rotatable bonds is 1. The van der Waals surface area contributed by atoms with Crippen LogP contribution in [0.15, 0.2) is 18.2 Å². The fourth-order valence-electron chi connectivity index (χ4n) is 1.70. The molecule has 0 aromatic heterocycles. The van der Waals surface area contributed by atoms with E-state index in [4.69, 9.17) is 15.9 Å². The van der Waals surface area contributed by atoms with Crippen molar-refractivity contribution in [2.75, 3.05) is 12.3 Å². The van der Waals surface area contributed by atoms with Crippen molar-refractivity contribution in [3.8, 4) is 0 Å². The highest BCUT2D eigenvalue weighted by Gasteiger charge is 2.33. The molecule has 0 bridgehead atoms. The summed E-state index contributed by atoms with van der Waals surface area (Å²) in [6, 6.07) is 5.59. The summed E-state index contributed by atoms with van der Waals surface area (Å²) in [6.07, 6.45) is 0. The molecule has 0 saturated carbocycles. The van der Waals surface area contributed by atoms with Gasteiger partial charge in [-0.3, -0.25) is 5.41 Å². The van der Waals surface area contributed by atoms with Crippen molar-refractivity contribution in [1.29, 1.82) is 5.41 Å². The van der Waals surface area contributed by atoms with E-state index in [-0.39, 0.29) is 18.2 Å². The minimum absolute atomic E-state index is 0.00713. The van der Waals surface area contributed by atoms with Crippen molar-refractivity contribution in [2.24, 2.45) is 0 Å². The van der Waals surface area contributed by atoms with Crippen LogP contribution in [0.4, 0.5) is 5.69 Å². The van der Waals surface area contributed by atoms with Gasteiger partial charge < -0.3 is 10.5 Å². The Morgan fingerprint density at radius 2 is 2.27 bits per heavy atom. The first kappa shape index (κ1) is 9.71. The van der Waals surface area contributed by atoms with Gasteiger partial charge in [-0.25, -0.2) is 4.79 Å². The number of cyclic esters (lactones) is 1. The lowest BCUT2D eigenvalue weighted by molar-refractivity contribution is -0.132. The van der Waals surface area contributed by atoms with E-state index in [2.05, 4.69) is 0 Å². The van der Waals surface area contributed by atoms with Crippen molar-refractivity contribution in [2.45, 2.75) is 12.8 Å². The molecule has 0 aliphatic carbocycles. The molecule has 1 aromatic rings. The molecule has 4 nitrogen and oxygen atoms in total. The van der Waals surface area contributed by atoms with Gasteiger partial charge in [0.05, 0.1) is 5.92 Å². The van der Waals surface area contributed by atoms with Gasteiger partial charge in [0.15, 0.2) is 0 Å². The van der Waals surface area contributed by atoms with Crippen molar-refractivity contribution < 1.29 is 9.53 Å². The Hall–Kier alpha value is -1.84. The van der Waals surface area contributed by atoms with Crippen LogP contribution in [0.5, 0.6) is 0 Å². The molecule has 0 radical (unpaired) electrons. The second-order valence-corrected chi connectivity index (χ2v) is 3.70. The minimum Gasteiger partial charge on any atom is -0.460 e. The van der Waals surface area contributed by atoms with Crippen LogP contribution < -0.4 is 5.73 Å². The normalized spacial score (nSPS) is 20.5. The van der Waals surface area contributed by atoms with E-state index in [0.717, 1.165) is 11.1 Å². The largest absolute Gasteiger partial charge is 0.460 e. The van der Waals surface area contributed by atoms with Gasteiger partial charge >= 0.3 is 5.97 Å². The number of benzene rings is 1. The highest BCUT2D eigenvalue weighted by atomic mass is 16.5. The number of carbonyl (C=O) groups is 1. The first-order chi connectivity index (χ1) is 7.09. The van der Waals surface area contributed by atoms with E-state index in [1.165, 1.54) is 0 Å². The second kappa shape index (κ2) is 3.38. The minimum atomic E-state index is -0.541. The predicted octanol–water partition coefficient (Wildman–Crippen LogP) is 1.24. The zero-order chi connectivity index (χ0) is 11.0. The molecule has 1 fully saturated rings. The molecule has 1 atom stereocenters. The second-order valence-electron chi connectivity index (χ2n) is 3.70. The van der Waals surface area contributed by atoms with Gasteiger partial charge in [0, 0.05) is 5.69 Å². The summed E-state index contributed by atoms with van der Waals surface area (Å²) in [5, 5.41) is 7.59. The fraction of sp³-hybridized carbons (Fsp3) is 0.273. The summed E-state index contributed by atoms with van der Waals surface area (Å²) in [5.41, 5.74) is 8.28. The lowest BCUT2D eigenvalue weighted by Gasteiger charge is -2.10. The fourth-order valence-corrected chi connectivity index (χ4v) is 1.70. The van der Waals surface area contributed by atoms with Crippen LogP contribution in [0, 0.1) is 12.3 Å². The van der Waals surface area contributed by atoms with Gasteiger partial charge in [-0.05, 0) is 18.6 Å². The summed E-state index contributed by atoms with van der Waals surface area (Å²) >= 11 is 0. The Morgan fingerprint density at radius 1 is 1.53 bits per heavy atom. The smallest absolute Gasteiger partial charge is 0.352 e. The lowest BCUT2D eigenvalue weighted by atomic mass is 9.94. The molecule has 0 amide bonds. The number of aryl methyl sites for hydroxylation is 1. The molecular weight excluding hydrogens is 192 g/mol. The molecule has 3 N–H and O–H groups in total. The summed E-state index contributed by atoms with van der Waals surface area (Å²) in [6.45, 7) is 2.18. The lowest BCUT2D eigenvalue weighted by Crippen LogP contribution is -2.13. The third-order valence-corrected chi connectivity index (χ3v) is 2.57. The van der Waals surface area contributed by atoms with Gasteiger partial charge in [-0.15, -0.1) is 0 Å². The SMILES string of the molecule is Cc1ccc(N)c([C@H]2COC(=O)C2=N)c1. The molecule has 1 aliphatic heterocycles. The number of hydrogen-bond donors (Lipinski definition) is 2. The van der Waals surface area contributed by atoms with Crippen LogP contribution in [0.25, 0.3) is 0 Å². The molecule has 1 saturated heterocycles. The number of carbonyl (C=O) groups excluding carboxylic acids is 1. The van der Waals surface area contributed by atoms with Gasteiger partial charge in [0.1, 0.15) is 12.3 Å². The van der Waals surface area contributed by atoms with Crippen molar-refractivity contribution in [3.63, 3.8) is 0 Å². The molecule has 2 rings (SSSR count). The average molecular weight is 204 g/mol. The molecule has 1 heterocycles. The van der Waals surface area contributed by atoms with Crippen molar-refractivity contribution >= 4 is 17.4 Å².